The first kappa shape index (κ1) is 17.9. The molecule has 1 atom stereocenters. The van der Waals surface area contributed by atoms with Crippen molar-refractivity contribution in [2.24, 2.45) is 0 Å². The smallest absolute Gasteiger partial charge is 0.307 e. The molecule has 0 spiro atoms. The molecule has 0 saturated carbocycles. The molecule has 1 aliphatic heterocycles. The van der Waals surface area contributed by atoms with Gasteiger partial charge in [0.1, 0.15) is 6.04 Å². The number of rotatable bonds is 5. The van der Waals surface area contributed by atoms with Crippen molar-refractivity contribution in [3.63, 3.8) is 0 Å². The minimum atomic E-state index is -3.88. The van der Waals surface area contributed by atoms with Crippen molar-refractivity contribution in [1.82, 2.24) is 9.62 Å². The molecule has 1 amide bonds. The molecule has 7 nitrogen and oxygen atoms in total. The second-order valence-electron chi connectivity index (χ2n) is 4.89. The fourth-order valence-corrected chi connectivity index (χ4v) is 4.15. The molecule has 1 saturated heterocycles. The van der Waals surface area contributed by atoms with E-state index in [9.17, 15) is 18.0 Å². The van der Waals surface area contributed by atoms with Crippen LogP contribution in [0.3, 0.4) is 0 Å². The molecule has 0 unspecified atom stereocenters. The van der Waals surface area contributed by atoms with Gasteiger partial charge in [-0.25, -0.2) is 8.42 Å². The van der Waals surface area contributed by atoms with E-state index in [1.54, 1.807) is 19.1 Å². The summed E-state index contributed by atoms with van der Waals surface area (Å²) in [5, 5.41) is 2.58. The van der Waals surface area contributed by atoms with Crippen molar-refractivity contribution in [2.45, 2.75) is 24.3 Å². The first-order valence-corrected chi connectivity index (χ1v) is 9.30. The van der Waals surface area contributed by atoms with Crippen molar-refractivity contribution in [2.75, 3.05) is 19.7 Å². The van der Waals surface area contributed by atoms with Crippen molar-refractivity contribution < 1.29 is 22.7 Å². The van der Waals surface area contributed by atoms with Gasteiger partial charge in [0.25, 0.3) is 0 Å². The van der Waals surface area contributed by atoms with Gasteiger partial charge in [-0.15, -0.1) is 0 Å². The standard InChI is InChI=1S/C14H17BrN2O5S/c1-2-22-13(18)9-12-14(19)16-7-8-17(12)23(20,21)11-5-3-10(15)4-6-11/h3-6,12H,2,7-9H2,1H3,(H,16,19)/t12-/m1/s1. The molecule has 0 radical (unpaired) electrons. The van der Waals surface area contributed by atoms with Crippen LogP contribution in [0, 0.1) is 0 Å². The lowest BCUT2D eigenvalue weighted by Gasteiger charge is -2.33. The van der Waals surface area contributed by atoms with Crippen LogP contribution in [0.2, 0.25) is 0 Å². The first-order valence-electron chi connectivity index (χ1n) is 7.07. The van der Waals surface area contributed by atoms with Crippen LogP contribution < -0.4 is 5.32 Å². The number of hydrogen-bond acceptors (Lipinski definition) is 5. The van der Waals surface area contributed by atoms with Gasteiger partial charge in [-0.1, -0.05) is 15.9 Å². The van der Waals surface area contributed by atoms with Crippen LogP contribution in [0.4, 0.5) is 0 Å². The number of nitrogens with zero attached hydrogens (tertiary/aromatic N) is 1. The van der Waals surface area contributed by atoms with E-state index < -0.39 is 27.9 Å². The maximum Gasteiger partial charge on any atom is 0.307 e. The molecule has 1 heterocycles. The number of carbonyl (C=O) groups is 2. The van der Waals surface area contributed by atoms with Gasteiger partial charge < -0.3 is 10.1 Å². The Hall–Kier alpha value is -1.45. The van der Waals surface area contributed by atoms with Gasteiger partial charge in [0, 0.05) is 17.6 Å². The van der Waals surface area contributed by atoms with Crippen molar-refractivity contribution in [3.8, 4) is 0 Å². The summed E-state index contributed by atoms with van der Waals surface area (Å²) < 4.78 is 32.2. The number of halogens is 1. The minimum absolute atomic E-state index is 0.0734. The highest BCUT2D eigenvalue weighted by Gasteiger charge is 2.39. The molecule has 23 heavy (non-hydrogen) atoms. The van der Waals surface area contributed by atoms with Crippen LogP contribution in [0.15, 0.2) is 33.6 Å². The molecule has 0 bridgehead atoms. The number of carbonyl (C=O) groups excluding carboxylic acids is 2. The third kappa shape index (κ3) is 4.10. The third-order valence-electron chi connectivity index (χ3n) is 3.37. The molecular weight excluding hydrogens is 388 g/mol. The molecule has 1 fully saturated rings. The van der Waals surface area contributed by atoms with Crippen LogP contribution in [-0.2, 0) is 24.3 Å². The van der Waals surface area contributed by atoms with E-state index in [1.807, 2.05) is 0 Å². The molecule has 9 heteroatoms. The maximum atomic E-state index is 12.8. The molecular formula is C14H17BrN2O5S. The Kier molecular flexibility index (Phi) is 5.77. The number of piperazine rings is 1. The average molecular weight is 405 g/mol. The molecule has 1 aromatic rings. The summed E-state index contributed by atoms with van der Waals surface area (Å²) in [4.78, 5) is 23.8. The van der Waals surface area contributed by atoms with Gasteiger partial charge in [-0.3, -0.25) is 9.59 Å². The second kappa shape index (κ2) is 7.41. The first-order chi connectivity index (χ1) is 10.9. The number of benzene rings is 1. The predicted molar refractivity (Wildman–Crippen MR) is 86.1 cm³/mol. The summed E-state index contributed by atoms with van der Waals surface area (Å²) >= 11 is 3.25. The fraction of sp³-hybridized carbons (Fsp3) is 0.429. The van der Waals surface area contributed by atoms with E-state index in [1.165, 1.54) is 12.1 Å². The normalized spacial score (nSPS) is 19.2. The average Bonchev–Trinajstić information content (AvgIpc) is 2.50. The molecule has 0 aromatic heterocycles. The largest absolute Gasteiger partial charge is 0.466 e. The molecule has 126 valence electrons. The van der Waals surface area contributed by atoms with Crippen molar-refractivity contribution in [3.05, 3.63) is 28.7 Å². The highest BCUT2D eigenvalue weighted by Crippen LogP contribution is 2.23. The fourth-order valence-electron chi connectivity index (χ4n) is 2.30. The summed E-state index contributed by atoms with van der Waals surface area (Å²) in [6, 6.07) is 5.02. The number of nitrogens with one attached hydrogen (secondary N) is 1. The van der Waals surface area contributed by atoms with E-state index in [0.717, 1.165) is 8.78 Å². The van der Waals surface area contributed by atoms with Gasteiger partial charge in [-0.2, -0.15) is 4.31 Å². The third-order valence-corrected chi connectivity index (χ3v) is 5.82. The Morgan fingerprint density at radius 1 is 1.39 bits per heavy atom. The van der Waals surface area contributed by atoms with E-state index in [2.05, 4.69) is 21.2 Å². The number of ether oxygens (including phenoxy) is 1. The number of hydrogen-bond donors (Lipinski definition) is 1. The van der Waals surface area contributed by atoms with Crippen LogP contribution in [0.5, 0.6) is 0 Å². The van der Waals surface area contributed by atoms with Crippen LogP contribution in [-0.4, -0.2) is 50.3 Å². The Morgan fingerprint density at radius 3 is 2.65 bits per heavy atom. The second-order valence-corrected chi connectivity index (χ2v) is 7.69. The zero-order chi connectivity index (χ0) is 17.0. The SMILES string of the molecule is CCOC(=O)C[C@@H]1C(=O)NCCN1S(=O)(=O)c1ccc(Br)cc1. The van der Waals surface area contributed by atoms with Gasteiger partial charge in [0.05, 0.1) is 17.9 Å². The monoisotopic (exact) mass is 404 g/mol. The van der Waals surface area contributed by atoms with Crippen molar-refractivity contribution in [1.29, 1.82) is 0 Å². The quantitative estimate of drug-likeness (QED) is 0.735. The molecule has 1 N–H and O–H groups in total. The predicted octanol–water partition coefficient (Wildman–Crippen LogP) is 0.891. The highest BCUT2D eigenvalue weighted by atomic mass is 79.9. The number of sulfonamides is 1. The highest BCUT2D eigenvalue weighted by molar-refractivity contribution is 9.10. The Balaban J connectivity index is 2.30. The summed E-state index contributed by atoms with van der Waals surface area (Å²) in [7, 11) is -3.88. The molecule has 1 aliphatic rings. The van der Waals surface area contributed by atoms with Crippen molar-refractivity contribution >= 4 is 37.8 Å². The summed E-state index contributed by atoms with van der Waals surface area (Å²) in [6.45, 7) is 2.13. The summed E-state index contributed by atoms with van der Waals surface area (Å²) in [5.74, 6) is -1.10. The zero-order valence-corrected chi connectivity index (χ0v) is 14.9. The van der Waals surface area contributed by atoms with Gasteiger partial charge >= 0.3 is 5.97 Å². The zero-order valence-electron chi connectivity index (χ0n) is 12.5. The van der Waals surface area contributed by atoms with Crippen LogP contribution >= 0.6 is 15.9 Å². The minimum Gasteiger partial charge on any atom is -0.466 e. The number of amides is 1. The van der Waals surface area contributed by atoms with E-state index in [-0.39, 0.29) is 31.0 Å². The van der Waals surface area contributed by atoms with Gasteiger partial charge in [0.15, 0.2) is 0 Å². The maximum absolute atomic E-state index is 12.8. The molecule has 2 rings (SSSR count). The van der Waals surface area contributed by atoms with E-state index >= 15 is 0 Å². The van der Waals surface area contributed by atoms with E-state index in [4.69, 9.17) is 4.74 Å². The van der Waals surface area contributed by atoms with Crippen LogP contribution in [0.25, 0.3) is 0 Å². The lowest BCUT2D eigenvalue weighted by molar-refractivity contribution is -0.146. The number of esters is 1. The molecule has 0 aliphatic carbocycles. The molecule has 1 aromatic carbocycles. The lowest BCUT2D eigenvalue weighted by Crippen LogP contribution is -2.57. The topological polar surface area (TPSA) is 92.8 Å². The summed E-state index contributed by atoms with van der Waals surface area (Å²) in [5.41, 5.74) is 0. The Labute approximate surface area is 143 Å². The van der Waals surface area contributed by atoms with Gasteiger partial charge in [0.2, 0.25) is 15.9 Å². The van der Waals surface area contributed by atoms with Crippen LogP contribution in [0.1, 0.15) is 13.3 Å². The van der Waals surface area contributed by atoms with E-state index in [0.29, 0.717) is 0 Å². The lowest BCUT2D eigenvalue weighted by atomic mass is 10.1. The van der Waals surface area contributed by atoms with Gasteiger partial charge in [-0.05, 0) is 31.2 Å². The Bertz CT molecular complexity index is 690. The summed E-state index contributed by atoms with van der Waals surface area (Å²) in [6.07, 6.45) is -0.310. The Morgan fingerprint density at radius 2 is 2.04 bits per heavy atom.